The first-order valence-corrected chi connectivity index (χ1v) is 18.3. The lowest BCUT2D eigenvalue weighted by atomic mass is 9.99. The van der Waals surface area contributed by atoms with Crippen LogP contribution in [0.15, 0.2) is 170 Å². The third kappa shape index (κ3) is 5.06. The summed E-state index contributed by atoms with van der Waals surface area (Å²) in [5.41, 5.74) is 15.8. The Morgan fingerprint density at radius 2 is 0.849 bits per heavy atom. The van der Waals surface area contributed by atoms with Gasteiger partial charge >= 0.3 is 0 Å². The van der Waals surface area contributed by atoms with Crippen LogP contribution in [0.25, 0.3) is 88.6 Å². The van der Waals surface area contributed by atoms with E-state index in [1.807, 2.05) is 12.4 Å². The summed E-state index contributed by atoms with van der Waals surface area (Å²) in [6, 6.07) is 56.6. The van der Waals surface area contributed by atoms with Crippen LogP contribution in [0.2, 0.25) is 0 Å². The summed E-state index contributed by atoms with van der Waals surface area (Å²) >= 11 is 0. The topological polar surface area (TPSA) is 35.6 Å². The lowest BCUT2D eigenvalue weighted by Crippen LogP contribution is -1.98. The third-order valence-corrected chi connectivity index (χ3v) is 10.8. The molecular weight excluding hydrogens is 645 g/mol. The normalized spacial score (nSPS) is 11.7. The number of benzene rings is 6. The highest BCUT2D eigenvalue weighted by molar-refractivity contribution is 6.10. The van der Waals surface area contributed by atoms with Crippen LogP contribution in [0.1, 0.15) is 18.1 Å². The number of nitrogens with zero attached hydrogens (tertiary/aromatic N) is 4. The van der Waals surface area contributed by atoms with Gasteiger partial charge in [-0.25, -0.2) is 0 Å². The molecule has 6 aromatic carbocycles. The third-order valence-electron chi connectivity index (χ3n) is 10.8. The van der Waals surface area contributed by atoms with Gasteiger partial charge in [0.15, 0.2) is 0 Å². The van der Waals surface area contributed by atoms with Crippen LogP contribution < -0.4 is 0 Å². The fourth-order valence-corrected chi connectivity index (χ4v) is 8.12. The monoisotopic (exact) mass is 680 g/mol. The summed E-state index contributed by atoms with van der Waals surface area (Å²) in [6.45, 7) is 4.37. The average Bonchev–Trinajstić information content (AvgIpc) is 3.74. The number of aromatic nitrogens is 4. The molecule has 4 aromatic heterocycles. The van der Waals surface area contributed by atoms with Crippen LogP contribution in [-0.2, 0) is 6.42 Å². The SMILES string of the molecule is CCc1ccc(-n2c3ccccc3c3ccccc32)cc1-c1ccc(-c2ccc(-c3cc(-n4c5ccccc5c5ccccc54)ccc3C)nc2)cn1. The lowest BCUT2D eigenvalue weighted by molar-refractivity contribution is 1.11. The number of hydrogen-bond donors (Lipinski definition) is 0. The van der Waals surface area contributed by atoms with Crippen molar-refractivity contribution in [3.05, 3.63) is 181 Å². The van der Waals surface area contributed by atoms with Crippen molar-refractivity contribution in [2.45, 2.75) is 20.3 Å². The molecule has 0 saturated carbocycles. The Kier molecular flexibility index (Phi) is 7.29. The number of rotatable bonds is 6. The van der Waals surface area contributed by atoms with E-state index in [0.29, 0.717) is 0 Å². The minimum Gasteiger partial charge on any atom is -0.309 e. The Balaban J connectivity index is 0.981. The summed E-state index contributed by atoms with van der Waals surface area (Å²) in [7, 11) is 0. The van der Waals surface area contributed by atoms with Crippen LogP contribution in [-0.4, -0.2) is 19.1 Å². The Hall–Kier alpha value is -6.78. The molecule has 0 unspecified atom stereocenters. The van der Waals surface area contributed by atoms with E-state index in [9.17, 15) is 0 Å². The summed E-state index contributed by atoms with van der Waals surface area (Å²) < 4.78 is 4.73. The zero-order chi connectivity index (χ0) is 35.5. The molecule has 4 heterocycles. The van der Waals surface area contributed by atoms with Crippen LogP contribution >= 0.6 is 0 Å². The zero-order valence-electron chi connectivity index (χ0n) is 29.7. The maximum absolute atomic E-state index is 5.03. The number of pyridine rings is 2. The molecule has 0 saturated heterocycles. The van der Waals surface area contributed by atoms with Crippen molar-refractivity contribution >= 4 is 43.6 Å². The van der Waals surface area contributed by atoms with Crippen molar-refractivity contribution in [1.29, 1.82) is 0 Å². The van der Waals surface area contributed by atoms with E-state index in [-0.39, 0.29) is 0 Å². The van der Waals surface area contributed by atoms with Gasteiger partial charge in [0.25, 0.3) is 0 Å². The van der Waals surface area contributed by atoms with E-state index in [1.165, 1.54) is 54.7 Å². The molecule has 4 nitrogen and oxygen atoms in total. The molecule has 10 rings (SSSR count). The van der Waals surface area contributed by atoms with Crippen LogP contribution in [0, 0.1) is 6.92 Å². The molecule has 0 N–H and O–H groups in total. The van der Waals surface area contributed by atoms with Gasteiger partial charge in [-0.1, -0.05) is 104 Å². The van der Waals surface area contributed by atoms with Gasteiger partial charge in [-0.05, 0) is 85.1 Å². The maximum atomic E-state index is 5.03. The Morgan fingerprint density at radius 1 is 0.434 bits per heavy atom. The number of aryl methyl sites for hydroxylation is 2. The molecule has 252 valence electrons. The Bertz CT molecular complexity index is 2880. The van der Waals surface area contributed by atoms with E-state index in [0.717, 1.165) is 51.4 Å². The Labute approximate surface area is 308 Å². The highest BCUT2D eigenvalue weighted by atomic mass is 15.0. The molecule has 0 spiro atoms. The first-order valence-electron chi connectivity index (χ1n) is 18.3. The molecule has 0 aliphatic heterocycles. The lowest BCUT2D eigenvalue weighted by Gasteiger charge is -2.14. The van der Waals surface area contributed by atoms with Crippen LogP contribution in [0.3, 0.4) is 0 Å². The number of para-hydroxylation sites is 4. The predicted molar refractivity (Wildman–Crippen MR) is 221 cm³/mol. The van der Waals surface area contributed by atoms with E-state index in [1.54, 1.807) is 0 Å². The first-order chi connectivity index (χ1) is 26.2. The van der Waals surface area contributed by atoms with Gasteiger partial charge in [0, 0.05) is 67.6 Å². The predicted octanol–water partition coefficient (Wildman–Crippen LogP) is 12.5. The molecule has 0 aliphatic rings. The van der Waals surface area contributed by atoms with Crippen molar-refractivity contribution in [3.63, 3.8) is 0 Å². The molecular formula is C49H36N4. The van der Waals surface area contributed by atoms with E-state index in [4.69, 9.17) is 9.97 Å². The molecule has 0 amide bonds. The van der Waals surface area contributed by atoms with Gasteiger partial charge in [-0.3, -0.25) is 9.97 Å². The fraction of sp³-hybridized carbons (Fsp3) is 0.0612. The summed E-state index contributed by atoms with van der Waals surface area (Å²) in [6.07, 6.45) is 4.88. The quantitative estimate of drug-likeness (QED) is 0.175. The van der Waals surface area contributed by atoms with Gasteiger partial charge in [0.05, 0.1) is 33.5 Å². The molecule has 0 bridgehead atoms. The van der Waals surface area contributed by atoms with Crippen LogP contribution in [0.5, 0.6) is 0 Å². The van der Waals surface area contributed by atoms with Crippen molar-refractivity contribution in [3.8, 4) is 45.0 Å². The summed E-state index contributed by atoms with van der Waals surface area (Å²) in [5.74, 6) is 0. The molecule has 0 radical (unpaired) electrons. The van der Waals surface area contributed by atoms with Gasteiger partial charge in [-0.2, -0.15) is 0 Å². The summed E-state index contributed by atoms with van der Waals surface area (Å²) in [4.78, 5) is 10.0. The Morgan fingerprint density at radius 3 is 1.28 bits per heavy atom. The standard InChI is InChI=1S/C49H36N4/c1-3-33-21-25-37(53-48-18-10-6-14-40(48)41-15-7-11-19-49(41)53)29-43(33)45-27-23-35(31-51-45)34-22-26-44(50-30-34)42-28-36(24-20-32(42)2)52-46-16-8-4-12-38(46)39-13-5-9-17-47(39)52/h4-31H,3H2,1-2H3. The van der Waals surface area contributed by atoms with Crippen LogP contribution in [0.4, 0.5) is 0 Å². The highest BCUT2D eigenvalue weighted by Crippen LogP contribution is 2.36. The van der Waals surface area contributed by atoms with Crippen molar-refractivity contribution in [1.82, 2.24) is 19.1 Å². The van der Waals surface area contributed by atoms with Crippen molar-refractivity contribution < 1.29 is 0 Å². The van der Waals surface area contributed by atoms with Gasteiger partial charge in [0.1, 0.15) is 0 Å². The highest BCUT2D eigenvalue weighted by Gasteiger charge is 2.16. The second kappa shape index (κ2) is 12.5. The maximum Gasteiger partial charge on any atom is 0.0705 e. The summed E-state index contributed by atoms with van der Waals surface area (Å²) in [5, 5.41) is 5.04. The fourth-order valence-electron chi connectivity index (χ4n) is 8.12. The zero-order valence-corrected chi connectivity index (χ0v) is 29.7. The van der Waals surface area contributed by atoms with Crippen molar-refractivity contribution in [2.24, 2.45) is 0 Å². The van der Waals surface area contributed by atoms with E-state index >= 15 is 0 Å². The minimum absolute atomic E-state index is 0.926. The van der Waals surface area contributed by atoms with Crippen molar-refractivity contribution in [2.75, 3.05) is 0 Å². The smallest absolute Gasteiger partial charge is 0.0705 e. The number of hydrogen-bond acceptors (Lipinski definition) is 2. The van der Waals surface area contributed by atoms with Gasteiger partial charge in [0.2, 0.25) is 0 Å². The molecule has 10 aromatic rings. The van der Waals surface area contributed by atoms with E-state index in [2.05, 4.69) is 181 Å². The van der Waals surface area contributed by atoms with Gasteiger partial charge in [-0.15, -0.1) is 0 Å². The molecule has 4 heteroatoms. The average molecular weight is 681 g/mol. The van der Waals surface area contributed by atoms with E-state index < -0.39 is 0 Å². The molecule has 0 aliphatic carbocycles. The number of fused-ring (bicyclic) bond motifs is 6. The first kappa shape index (κ1) is 31.0. The second-order valence-electron chi connectivity index (χ2n) is 13.8. The minimum atomic E-state index is 0.926. The molecule has 0 fully saturated rings. The molecule has 0 atom stereocenters. The molecule has 53 heavy (non-hydrogen) atoms. The van der Waals surface area contributed by atoms with Gasteiger partial charge < -0.3 is 9.13 Å². The largest absolute Gasteiger partial charge is 0.309 e. The second-order valence-corrected chi connectivity index (χ2v) is 13.8.